The molecule has 1 heterocycles. The minimum Gasteiger partial charge on any atom is -0.508 e. The zero-order chi connectivity index (χ0) is 18.2. The highest BCUT2D eigenvalue weighted by Crippen LogP contribution is 2.45. The minimum absolute atomic E-state index is 0.0405. The number of aliphatic imine (C=N–C) groups is 1. The van der Waals surface area contributed by atoms with Crippen molar-refractivity contribution in [2.75, 3.05) is 7.05 Å². The number of halogens is 2. The van der Waals surface area contributed by atoms with E-state index >= 15 is 0 Å². The molecule has 0 spiro atoms. The van der Waals surface area contributed by atoms with Crippen LogP contribution in [0, 0.1) is 0 Å². The molecule has 0 aromatic heterocycles. The molecule has 25 heavy (non-hydrogen) atoms. The number of guanidine groups is 1. The van der Waals surface area contributed by atoms with Gasteiger partial charge in [0.05, 0.1) is 5.70 Å². The van der Waals surface area contributed by atoms with Crippen LogP contribution in [0.1, 0.15) is 11.1 Å². The summed E-state index contributed by atoms with van der Waals surface area (Å²) in [5, 5.41) is 9.87. The lowest BCUT2D eigenvalue weighted by Crippen LogP contribution is -2.32. The predicted molar refractivity (Wildman–Crippen MR) is 90.5 cm³/mol. The fourth-order valence-electron chi connectivity index (χ4n) is 2.93. The van der Waals surface area contributed by atoms with Crippen molar-refractivity contribution < 1.29 is 18.6 Å². The third kappa shape index (κ3) is 2.77. The Labute approximate surface area is 143 Å². The van der Waals surface area contributed by atoms with Crippen LogP contribution in [0.2, 0.25) is 0 Å². The topological polar surface area (TPSA) is 71.1 Å². The first kappa shape index (κ1) is 16.8. The van der Waals surface area contributed by atoms with Gasteiger partial charge in [-0.05, 0) is 35.4 Å². The molecule has 3 N–H and O–H groups in total. The van der Waals surface area contributed by atoms with E-state index in [9.17, 15) is 13.9 Å². The number of phenolic OH excluding ortho intramolecular Hbond substituents is 1. The van der Waals surface area contributed by atoms with Crippen molar-refractivity contribution in [1.29, 1.82) is 0 Å². The molecule has 0 radical (unpaired) electrons. The molecule has 3 rings (SSSR count). The average molecular weight is 345 g/mol. The normalized spacial score (nSPS) is 20.1. The fourth-order valence-corrected chi connectivity index (χ4v) is 2.93. The Morgan fingerprint density at radius 1 is 1.20 bits per heavy atom. The summed E-state index contributed by atoms with van der Waals surface area (Å²) in [4.78, 5) is 6.22. The Morgan fingerprint density at radius 3 is 2.40 bits per heavy atom. The smallest absolute Gasteiger partial charge is 0.387 e. The van der Waals surface area contributed by atoms with E-state index in [0.29, 0.717) is 16.8 Å². The van der Waals surface area contributed by atoms with Gasteiger partial charge in [-0.2, -0.15) is 8.78 Å². The van der Waals surface area contributed by atoms with Gasteiger partial charge in [0.2, 0.25) is 0 Å². The highest BCUT2D eigenvalue weighted by molar-refractivity contribution is 5.85. The molecular weight excluding hydrogens is 328 g/mol. The average Bonchev–Trinajstić information content (AvgIpc) is 2.80. The number of likely N-dealkylation sites (N-methyl/N-ethyl adjacent to an activating group) is 1. The molecule has 2 aromatic carbocycles. The lowest BCUT2D eigenvalue weighted by Gasteiger charge is -2.30. The van der Waals surface area contributed by atoms with Gasteiger partial charge in [-0.15, -0.1) is 0 Å². The van der Waals surface area contributed by atoms with Crippen molar-refractivity contribution in [3.05, 3.63) is 71.9 Å². The summed E-state index contributed by atoms with van der Waals surface area (Å²) in [6.07, 6.45) is 0. The van der Waals surface area contributed by atoms with Crippen LogP contribution in [0.25, 0.3) is 0 Å². The van der Waals surface area contributed by atoms with Crippen molar-refractivity contribution in [1.82, 2.24) is 4.90 Å². The highest BCUT2D eigenvalue weighted by atomic mass is 19.3. The minimum atomic E-state index is -2.90. The number of alkyl halides is 2. The van der Waals surface area contributed by atoms with Gasteiger partial charge >= 0.3 is 6.61 Å². The Bertz CT molecular complexity index is 836. The molecule has 5 nitrogen and oxygen atoms in total. The quantitative estimate of drug-likeness (QED) is 0.894. The van der Waals surface area contributed by atoms with Crippen molar-refractivity contribution in [3.63, 3.8) is 0 Å². The molecule has 1 unspecified atom stereocenters. The van der Waals surface area contributed by atoms with E-state index in [1.807, 2.05) is 0 Å². The number of hydrogen-bond acceptors (Lipinski definition) is 5. The number of nitrogens with zero attached hydrogens (tertiary/aromatic N) is 2. The van der Waals surface area contributed by atoms with Gasteiger partial charge in [-0.25, -0.2) is 4.99 Å². The van der Waals surface area contributed by atoms with Gasteiger partial charge in [-0.1, -0.05) is 30.8 Å². The first-order valence-corrected chi connectivity index (χ1v) is 7.48. The summed E-state index contributed by atoms with van der Waals surface area (Å²) in [5.41, 5.74) is 6.83. The van der Waals surface area contributed by atoms with Crippen LogP contribution in [-0.4, -0.2) is 29.6 Å². The van der Waals surface area contributed by atoms with Gasteiger partial charge in [0.1, 0.15) is 11.5 Å². The fraction of sp³-hybridized carbons (Fsp3) is 0.167. The molecule has 0 amide bonds. The first-order chi connectivity index (χ1) is 11.8. The first-order valence-electron chi connectivity index (χ1n) is 7.48. The van der Waals surface area contributed by atoms with Crippen LogP contribution in [0.4, 0.5) is 8.78 Å². The standard InChI is InChI=1S/C18H17F2N3O2/c1-11-18(22-17(21)23(11)2,13-4-3-5-14(24)10-13)12-6-8-15(9-7-12)25-16(19)20/h3-10,16,24H,1H2,2H3,(H2,21,22). The van der Waals surface area contributed by atoms with Crippen LogP contribution in [0.5, 0.6) is 11.5 Å². The second-order valence-electron chi connectivity index (χ2n) is 5.64. The number of phenols is 1. The van der Waals surface area contributed by atoms with Crippen molar-refractivity contribution >= 4 is 5.96 Å². The van der Waals surface area contributed by atoms with E-state index in [0.717, 1.165) is 0 Å². The molecule has 0 saturated heterocycles. The van der Waals surface area contributed by atoms with Crippen molar-refractivity contribution in [2.45, 2.75) is 12.2 Å². The lowest BCUT2D eigenvalue weighted by molar-refractivity contribution is -0.0498. The van der Waals surface area contributed by atoms with Gasteiger partial charge in [0.15, 0.2) is 11.5 Å². The van der Waals surface area contributed by atoms with Gasteiger partial charge in [-0.3, -0.25) is 0 Å². The van der Waals surface area contributed by atoms with E-state index < -0.39 is 12.2 Å². The highest BCUT2D eigenvalue weighted by Gasteiger charge is 2.44. The molecule has 0 bridgehead atoms. The van der Waals surface area contributed by atoms with Crippen LogP contribution >= 0.6 is 0 Å². The summed E-state index contributed by atoms with van der Waals surface area (Å²) < 4.78 is 29.1. The Morgan fingerprint density at radius 2 is 1.88 bits per heavy atom. The Kier molecular flexibility index (Phi) is 4.08. The number of rotatable bonds is 4. The summed E-state index contributed by atoms with van der Waals surface area (Å²) in [5.74, 6) is 0.380. The van der Waals surface area contributed by atoms with Gasteiger partial charge < -0.3 is 20.5 Å². The van der Waals surface area contributed by atoms with E-state index in [1.54, 1.807) is 48.3 Å². The Hall–Kier alpha value is -3.09. The summed E-state index contributed by atoms with van der Waals surface area (Å²) in [6, 6.07) is 12.7. The molecule has 1 atom stereocenters. The van der Waals surface area contributed by atoms with Crippen molar-refractivity contribution in [2.24, 2.45) is 10.7 Å². The number of hydrogen-bond donors (Lipinski definition) is 2. The second kappa shape index (κ2) is 6.08. The molecule has 1 aliphatic heterocycles. The maximum absolute atomic E-state index is 12.4. The molecule has 1 aliphatic rings. The monoisotopic (exact) mass is 345 g/mol. The molecule has 0 saturated carbocycles. The molecule has 130 valence electrons. The Balaban J connectivity index is 2.15. The molecule has 0 fully saturated rings. The van der Waals surface area contributed by atoms with E-state index in [2.05, 4.69) is 16.3 Å². The number of aromatic hydroxyl groups is 1. The van der Waals surface area contributed by atoms with Gasteiger partial charge in [0.25, 0.3) is 0 Å². The summed E-state index contributed by atoms with van der Waals surface area (Å²) >= 11 is 0. The van der Waals surface area contributed by atoms with Crippen LogP contribution in [-0.2, 0) is 5.54 Å². The maximum atomic E-state index is 12.4. The van der Waals surface area contributed by atoms with Crippen molar-refractivity contribution in [3.8, 4) is 11.5 Å². The number of ether oxygens (including phenoxy) is 1. The summed E-state index contributed by atoms with van der Waals surface area (Å²) in [7, 11) is 1.74. The number of nitrogens with two attached hydrogens (primary N) is 1. The predicted octanol–water partition coefficient (Wildman–Crippen LogP) is 3.01. The molecule has 0 aliphatic carbocycles. The SMILES string of the molecule is C=C1N(C)C(N)=NC1(c1ccc(OC(F)F)cc1)c1cccc(O)c1. The van der Waals surface area contributed by atoms with Crippen LogP contribution in [0.15, 0.2) is 65.8 Å². The molecular formula is C18H17F2N3O2. The largest absolute Gasteiger partial charge is 0.508 e. The third-order valence-corrected chi connectivity index (χ3v) is 4.21. The third-order valence-electron chi connectivity index (χ3n) is 4.21. The number of benzene rings is 2. The molecule has 2 aromatic rings. The van der Waals surface area contributed by atoms with Crippen LogP contribution in [0.3, 0.4) is 0 Å². The van der Waals surface area contributed by atoms with E-state index in [1.165, 1.54) is 12.1 Å². The lowest BCUT2D eigenvalue weighted by atomic mass is 9.81. The van der Waals surface area contributed by atoms with E-state index in [-0.39, 0.29) is 17.5 Å². The maximum Gasteiger partial charge on any atom is 0.387 e. The van der Waals surface area contributed by atoms with Gasteiger partial charge in [0, 0.05) is 7.05 Å². The summed E-state index contributed by atoms with van der Waals surface area (Å²) in [6.45, 7) is 1.19. The zero-order valence-corrected chi connectivity index (χ0v) is 13.5. The van der Waals surface area contributed by atoms with E-state index in [4.69, 9.17) is 5.73 Å². The van der Waals surface area contributed by atoms with Crippen LogP contribution < -0.4 is 10.5 Å². The molecule has 7 heteroatoms. The second-order valence-corrected chi connectivity index (χ2v) is 5.64. The zero-order valence-electron chi connectivity index (χ0n) is 13.5.